The molecule has 1 N–H and O–H groups in total. The summed E-state index contributed by atoms with van der Waals surface area (Å²) in [6.45, 7) is -0.688. The number of hydrogen-bond donors (Lipinski definition) is 1. The van der Waals surface area contributed by atoms with Gasteiger partial charge in [0.05, 0.1) is 26.7 Å². The van der Waals surface area contributed by atoms with E-state index in [0.29, 0.717) is 0 Å². The predicted octanol–water partition coefficient (Wildman–Crippen LogP) is -0.802. The van der Waals surface area contributed by atoms with Crippen LogP contribution in [-0.4, -0.2) is 60.0 Å². The number of methoxy groups -OCH3 is 2. The molecule has 0 radical (unpaired) electrons. The first kappa shape index (κ1) is 13.7. The molecule has 8 nitrogen and oxygen atoms in total. The molecule has 0 atom stereocenters. The van der Waals surface area contributed by atoms with E-state index < -0.39 is 17.8 Å². The molecule has 1 heterocycles. The fourth-order valence-corrected chi connectivity index (χ4v) is 1.18. The van der Waals surface area contributed by atoms with Crippen molar-refractivity contribution in [2.24, 2.45) is 0 Å². The first-order valence-corrected chi connectivity index (χ1v) is 4.99. The number of esters is 2. The summed E-state index contributed by atoms with van der Waals surface area (Å²) in [5.74, 6) is -1.80. The SMILES string of the molecule is COC(=O)CN(CC(=O)OC)C(=O)c1cnc[nH]1. The number of aromatic nitrogens is 2. The zero-order valence-electron chi connectivity index (χ0n) is 10.0. The predicted molar refractivity (Wildman–Crippen MR) is 58.5 cm³/mol. The number of H-pyrrole nitrogens is 1. The third-order valence-corrected chi connectivity index (χ3v) is 2.11. The summed E-state index contributed by atoms with van der Waals surface area (Å²) in [6, 6.07) is 0. The number of nitrogens with zero attached hydrogens (tertiary/aromatic N) is 2. The third kappa shape index (κ3) is 3.58. The van der Waals surface area contributed by atoms with E-state index in [-0.39, 0.29) is 18.8 Å². The molecule has 8 heteroatoms. The Kier molecular flexibility index (Phi) is 4.85. The molecule has 98 valence electrons. The molecule has 1 rings (SSSR count). The number of amides is 1. The van der Waals surface area contributed by atoms with Crippen molar-refractivity contribution in [3.8, 4) is 0 Å². The summed E-state index contributed by atoms with van der Waals surface area (Å²) in [4.78, 5) is 41.6. The number of carbonyl (C=O) groups excluding carboxylic acids is 3. The van der Waals surface area contributed by atoms with Crippen LogP contribution in [0.1, 0.15) is 10.5 Å². The summed E-state index contributed by atoms with van der Waals surface area (Å²) in [6.07, 6.45) is 2.62. The van der Waals surface area contributed by atoms with Crippen molar-refractivity contribution >= 4 is 17.8 Å². The van der Waals surface area contributed by atoms with Gasteiger partial charge in [-0.25, -0.2) is 4.98 Å². The van der Waals surface area contributed by atoms with Crippen LogP contribution in [0.5, 0.6) is 0 Å². The second-order valence-corrected chi connectivity index (χ2v) is 3.28. The minimum Gasteiger partial charge on any atom is -0.468 e. The van der Waals surface area contributed by atoms with Gasteiger partial charge in [-0.3, -0.25) is 14.4 Å². The van der Waals surface area contributed by atoms with Gasteiger partial charge in [0.2, 0.25) is 0 Å². The van der Waals surface area contributed by atoms with E-state index in [1.807, 2.05) is 0 Å². The number of imidazole rings is 1. The molecule has 18 heavy (non-hydrogen) atoms. The summed E-state index contributed by atoms with van der Waals surface area (Å²) in [7, 11) is 2.39. The molecule has 1 aromatic heterocycles. The molecule has 0 spiro atoms. The average molecular weight is 255 g/mol. The summed E-state index contributed by atoms with van der Waals surface area (Å²) >= 11 is 0. The van der Waals surface area contributed by atoms with Crippen molar-refractivity contribution < 1.29 is 23.9 Å². The molecule has 0 fully saturated rings. The van der Waals surface area contributed by atoms with Crippen molar-refractivity contribution in [1.29, 1.82) is 0 Å². The van der Waals surface area contributed by atoms with Gasteiger partial charge < -0.3 is 19.4 Å². The first-order chi connectivity index (χ1) is 8.58. The molecule has 1 amide bonds. The monoisotopic (exact) mass is 255 g/mol. The first-order valence-electron chi connectivity index (χ1n) is 4.99. The Morgan fingerprint density at radius 1 is 1.22 bits per heavy atom. The maximum absolute atomic E-state index is 11.9. The van der Waals surface area contributed by atoms with Gasteiger partial charge in [-0.1, -0.05) is 0 Å². The number of ether oxygens (including phenoxy) is 2. The topological polar surface area (TPSA) is 102 Å². The van der Waals surface area contributed by atoms with Gasteiger partial charge in [0, 0.05) is 0 Å². The fourth-order valence-electron chi connectivity index (χ4n) is 1.18. The van der Waals surface area contributed by atoms with Crippen LogP contribution in [0.25, 0.3) is 0 Å². The van der Waals surface area contributed by atoms with E-state index in [4.69, 9.17) is 0 Å². The molecule has 1 aromatic rings. The smallest absolute Gasteiger partial charge is 0.325 e. The highest BCUT2D eigenvalue weighted by Gasteiger charge is 2.23. The van der Waals surface area contributed by atoms with E-state index in [2.05, 4.69) is 19.4 Å². The van der Waals surface area contributed by atoms with Gasteiger partial charge in [0.1, 0.15) is 18.8 Å². The molecule has 0 aromatic carbocycles. The number of hydrogen-bond acceptors (Lipinski definition) is 6. The van der Waals surface area contributed by atoms with E-state index in [1.165, 1.54) is 26.7 Å². The van der Waals surface area contributed by atoms with Gasteiger partial charge in [0.25, 0.3) is 5.91 Å². The average Bonchev–Trinajstić information content (AvgIpc) is 2.90. The Labute approximate surface area is 103 Å². The van der Waals surface area contributed by atoms with Crippen LogP contribution in [-0.2, 0) is 19.1 Å². The Balaban J connectivity index is 2.79. The molecule has 0 aliphatic rings. The Bertz CT molecular complexity index is 411. The van der Waals surface area contributed by atoms with Gasteiger partial charge in [-0.05, 0) is 0 Å². The number of aromatic amines is 1. The molecule has 0 aliphatic carbocycles. The summed E-state index contributed by atoms with van der Waals surface area (Å²) in [5, 5.41) is 0. The Morgan fingerprint density at radius 2 is 1.78 bits per heavy atom. The lowest BCUT2D eigenvalue weighted by Crippen LogP contribution is -2.40. The zero-order valence-corrected chi connectivity index (χ0v) is 10.0. The van der Waals surface area contributed by atoms with E-state index in [1.54, 1.807) is 0 Å². The second-order valence-electron chi connectivity index (χ2n) is 3.28. The number of carbonyl (C=O) groups is 3. The van der Waals surface area contributed by atoms with Gasteiger partial charge in [0.15, 0.2) is 0 Å². The second kappa shape index (κ2) is 6.38. The van der Waals surface area contributed by atoms with Crippen LogP contribution < -0.4 is 0 Å². The highest BCUT2D eigenvalue weighted by Crippen LogP contribution is 2.01. The van der Waals surface area contributed by atoms with Crippen molar-refractivity contribution in [3.63, 3.8) is 0 Å². The summed E-state index contributed by atoms with van der Waals surface area (Å²) in [5.41, 5.74) is 0.169. The Hall–Kier alpha value is -2.38. The van der Waals surface area contributed by atoms with Crippen LogP contribution in [0, 0.1) is 0 Å². The minimum atomic E-state index is -0.633. The third-order valence-electron chi connectivity index (χ3n) is 2.11. The molecule has 0 saturated heterocycles. The van der Waals surface area contributed by atoms with Crippen LogP contribution in [0.2, 0.25) is 0 Å². The van der Waals surface area contributed by atoms with Crippen molar-refractivity contribution in [1.82, 2.24) is 14.9 Å². The zero-order chi connectivity index (χ0) is 13.5. The Morgan fingerprint density at radius 3 is 2.17 bits per heavy atom. The maximum atomic E-state index is 11.9. The molecular weight excluding hydrogens is 242 g/mol. The number of nitrogens with one attached hydrogen (secondary N) is 1. The normalized spacial score (nSPS) is 9.67. The van der Waals surface area contributed by atoms with Crippen LogP contribution >= 0.6 is 0 Å². The molecular formula is C10H13N3O5. The molecule has 0 bridgehead atoms. The van der Waals surface area contributed by atoms with Crippen LogP contribution in [0.4, 0.5) is 0 Å². The van der Waals surface area contributed by atoms with E-state index in [9.17, 15) is 14.4 Å². The highest BCUT2D eigenvalue weighted by atomic mass is 16.5. The number of rotatable bonds is 5. The van der Waals surface area contributed by atoms with Gasteiger partial charge in [-0.2, -0.15) is 0 Å². The largest absolute Gasteiger partial charge is 0.468 e. The quantitative estimate of drug-likeness (QED) is 0.691. The standard InChI is InChI=1S/C10H13N3O5/c1-17-8(14)4-13(5-9(15)18-2)10(16)7-3-11-6-12-7/h3,6H,4-5H2,1-2H3,(H,11,12). The minimum absolute atomic E-state index is 0.169. The van der Waals surface area contributed by atoms with Crippen molar-refractivity contribution in [3.05, 3.63) is 18.2 Å². The fraction of sp³-hybridized carbons (Fsp3) is 0.400. The van der Waals surface area contributed by atoms with Gasteiger partial charge >= 0.3 is 11.9 Å². The van der Waals surface area contributed by atoms with Gasteiger partial charge in [-0.15, -0.1) is 0 Å². The van der Waals surface area contributed by atoms with Crippen LogP contribution in [0.15, 0.2) is 12.5 Å². The summed E-state index contributed by atoms with van der Waals surface area (Å²) < 4.78 is 8.91. The van der Waals surface area contributed by atoms with Crippen molar-refractivity contribution in [2.75, 3.05) is 27.3 Å². The lowest BCUT2D eigenvalue weighted by molar-refractivity contribution is -0.144. The molecule has 0 aliphatic heterocycles. The van der Waals surface area contributed by atoms with Crippen molar-refractivity contribution in [2.45, 2.75) is 0 Å². The van der Waals surface area contributed by atoms with Crippen LogP contribution in [0.3, 0.4) is 0 Å². The lowest BCUT2D eigenvalue weighted by atomic mass is 10.3. The van der Waals surface area contributed by atoms with E-state index in [0.717, 1.165) is 4.90 Å². The molecule has 0 saturated carbocycles. The lowest BCUT2D eigenvalue weighted by Gasteiger charge is -2.19. The highest BCUT2D eigenvalue weighted by molar-refractivity contribution is 5.96. The molecule has 0 unspecified atom stereocenters. The van der Waals surface area contributed by atoms with E-state index >= 15 is 0 Å². The maximum Gasteiger partial charge on any atom is 0.325 e.